The summed E-state index contributed by atoms with van der Waals surface area (Å²) in [6.07, 6.45) is 4.07. The molecule has 3 rings (SSSR count). The molecule has 0 spiro atoms. The topological polar surface area (TPSA) is 77.2 Å². The molecule has 0 bridgehead atoms. The largest absolute Gasteiger partial charge is 0.493 e. The van der Waals surface area contributed by atoms with E-state index < -0.39 is 0 Å². The lowest BCUT2D eigenvalue weighted by Crippen LogP contribution is -2.22. The molecule has 22 heavy (non-hydrogen) atoms. The van der Waals surface area contributed by atoms with Gasteiger partial charge in [-0.05, 0) is 36.2 Å². The van der Waals surface area contributed by atoms with Gasteiger partial charge in [-0.2, -0.15) is 0 Å². The van der Waals surface area contributed by atoms with Crippen molar-refractivity contribution in [3.8, 4) is 5.75 Å². The van der Waals surface area contributed by atoms with Gasteiger partial charge in [-0.15, -0.1) is 0 Å². The first-order chi connectivity index (χ1) is 10.6. The second-order valence-corrected chi connectivity index (χ2v) is 6.12. The molecular formula is C15H14ClN3O2S. The highest BCUT2D eigenvalue weighted by molar-refractivity contribution is 7.98. The van der Waals surface area contributed by atoms with Crippen molar-refractivity contribution in [3.05, 3.63) is 52.8 Å². The van der Waals surface area contributed by atoms with Crippen LogP contribution in [0.1, 0.15) is 28.4 Å². The van der Waals surface area contributed by atoms with Gasteiger partial charge in [-0.3, -0.25) is 14.5 Å². The molecule has 2 aromatic rings. The summed E-state index contributed by atoms with van der Waals surface area (Å²) in [6.45, 7) is 0.544. The SMILES string of the molecule is NC1CCOc2cc(C(=O)NSc3ccncc3)c(Cl)cc21. The number of carbonyl (C=O) groups is 1. The summed E-state index contributed by atoms with van der Waals surface area (Å²) < 4.78 is 8.32. The summed E-state index contributed by atoms with van der Waals surface area (Å²) in [7, 11) is 0. The number of hydrogen-bond acceptors (Lipinski definition) is 5. The number of nitrogens with two attached hydrogens (primary N) is 1. The summed E-state index contributed by atoms with van der Waals surface area (Å²) in [5, 5.41) is 0.368. The fraction of sp³-hybridized carbons (Fsp3) is 0.200. The van der Waals surface area contributed by atoms with Gasteiger partial charge in [0.25, 0.3) is 5.91 Å². The lowest BCUT2D eigenvalue weighted by atomic mass is 9.99. The van der Waals surface area contributed by atoms with E-state index in [1.165, 1.54) is 11.9 Å². The number of fused-ring (bicyclic) bond motifs is 1. The van der Waals surface area contributed by atoms with Crippen molar-refractivity contribution in [1.29, 1.82) is 0 Å². The molecule has 1 atom stereocenters. The third kappa shape index (κ3) is 3.19. The molecule has 5 nitrogen and oxygen atoms in total. The van der Waals surface area contributed by atoms with Gasteiger partial charge in [-0.25, -0.2) is 0 Å². The number of carbonyl (C=O) groups excluding carboxylic acids is 1. The lowest BCUT2D eigenvalue weighted by molar-refractivity contribution is 0.0984. The van der Waals surface area contributed by atoms with Gasteiger partial charge in [0.05, 0.1) is 17.2 Å². The number of ether oxygens (including phenoxy) is 1. The van der Waals surface area contributed by atoms with Gasteiger partial charge in [0, 0.05) is 35.3 Å². The summed E-state index contributed by atoms with van der Waals surface area (Å²) in [6, 6.07) is 6.87. The average Bonchev–Trinajstić information content (AvgIpc) is 2.54. The van der Waals surface area contributed by atoms with Crippen LogP contribution >= 0.6 is 23.5 Å². The predicted octanol–water partition coefficient (Wildman–Crippen LogP) is 2.95. The van der Waals surface area contributed by atoms with Crippen LogP contribution in [-0.4, -0.2) is 17.5 Å². The molecule has 0 saturated heterocycles. The van der Waals surface area contributed by atoms with Crippen LogP contribution in [0.3, 0.4) is 0 Å². The number of nitrogens with zero attached hydrogens (tertiary/aromatic N) is 1. The molecular weight excluding hydrogens is 322 g/mol. The van der Waals surface area contributed by atoms with Crippen LogP contribution in [0.15, 0.2) is 41.6 Å². The third-order valence-electron chi connectivity index (χ3n) is 3.34. The minimum absolute atomic E-state index is 0.107. The fourth-order valence-electron chi connectivity index (χ4n) is 2.18. The van der Waals surface area contributed by atoms with E-state index in [-0.39, 0.29) is 11.9 Å². The number of hydrogen-bond donors (Lipinski definition) is 2. The van der Waals surface area contributed by atoms with E-state index in [0.29, 0.717) is 22.9 Å². The number of rotatable bonds is 3. The van der Waals surface area contributed by atoms with Crippen LogP contribution in [0.5, 0.6) is 5.75 Å². The number of amides is 1. The van der Waals surface area contributed by atoms with Crippen LogP contribution in [-0.2, 0) is 0 Å². The predicted molar refractivity (Wildman–Crippen MR) is 86.1 cm³/mol. The zero-order valence-electron chi connectivity index (χ0n) is 11.6. The summed E-state index contributed by atoms with van der Waals surface area (Å²) in [4.78, 5) is 17.1. The minimum Gasteiger partial charge on any atom is -0.493 e. The normalized spacial score (nSPS) is 16.5. The van der Waals surface area contributed by atoms with E-state index in [2.05, 4.69) is 9.71 Å². The van der Waals surface area contributed by atoms with Crippen molar-refractivity contribution in [2.24, 2.45) is 5.73 Å². The summed E-state index contributed by atoms with van der Waals surface area (Å²) in [5.41, 5.74) is 7.24. The Bertz CT molecular complexity index is 697. The second-order valence-electron chi connectivity index (χ2n) is 4.83. The Morgan fingerprint density at radius 3 is 2.95 bits per heavy atom. The van der Waals surface area contributed by atoms with Crippen molar-refractivity contribution >= 4 is 29.5 Å². The molecule has 3 N–H and O–H groups in total. The quantitative estimate of drug-likeness (QED) is 0.843. The molecule has 1 aliphatic heterocycles. The highest BCUT2D eigenvalue weighted by Crippen LogP contribution is 2.35. The molecule has 0 saturated carbocycles. The fourth-order valence-corrected chi connectivity index (χ4v) is 3.01. The molecule has 7 heteroatoms. The molecule has 0 aliphatic carbocycles. The zero-order chi connectivity index (χ0) is 15.5. The Hall–Kier alpha value is -1.76. The van der Waals surface area contributed by atoms with E-state index in [1.54, 1.807) is 24.5 Å². The van der Waals surface area contributed by atoms with Crippen molar-refractivity contribution < 1.29 is 9.53 Å². The first-order valence-corrected chi connectivity index (χ1v) is 7.93. The van der Waals surface area contributed by atoms with Gasteiger partial charge >= 0.3 is 0 Å². The number of halogens is 1. The number of nitrogens with one attached hydrogen (secondary N) is 1. The van der Waals surface area contributed by atoms with Crippen LogP contribution in [0.2, 0.25) is 5.02 Å². The molecule has 1 amide bonds. The molecule has 2 heterocycles. The van der Waals surface area contributed by atoms with E-state index in [9.17, 15) is 4.79 Å². The lowest BCUT2D eigenvalue weighted by Gasteiger charge is -2.23. The van der Waals surface area contributed by atoms with E-state index in [1.807, 2.05) is 12.1 Å². The van der Waals surface area contributed by atoms with Gasteiger partial charge in [-0.1, -0.05) is 11.6 Å². The van der Waals surface area contributed by atoms with Crippen LogP contribution in [0.25, 0.3) is 0 Å². The van der Waals surface area contributed by atoms with E-state index >= 15 is 0 Å². The molecule has 0 radical (unpaired) electrons. The van der Waals surface area contributed by atoms with E-state index in [4.69, 9.17) is 22.1 Å². The van der Waals surface area contributed by atoms with Crippen LogP contribution in [0, 0.1) is 0 Å². The maximum Gasteiger partial charge on any atom is 0.263 e. The molecule has 1 aliphatic rings. The minimum atomic E-state index is -0.280. The maximum atomic E-state index is 12.3. The van der Waals surface area contributed by atoms with Gasteiger partial charge < -0.3 is 10.5 Å². The Labute approximate surface area is 137 Å². The number of aromatic nitrogens is 1. The van der Waals surface area contributed by atoms with Crippen molar-refractivity contribution in [2.45, 2.75) is 17.4 Å². The van der Waals surface area contributed by atoms with Crippen molar-refractivity contribution in [1.82, 2.24) is 9.71 Å². The van der Waals surface area contributed by atoms with Crippen molar-refractivity contribution in [3.63, 3.8) is 0 Å². The Kier molecular flexibility index (Phi) is 4.52. The van der Waals surface area contributed by atoms with Gasteiger partial charge in [0.1, 0.15) is 5.75 Å². The zero-order valence-corrected chi connectivity index (χ0v) is 13.2. The Balaban J connectivity index is 1.78. The van der Waals surface area contributed by atoms with Crippen LogP contribution in [0.4, 0.5) is 0 Å². The number of pyridine rings is 1. The van der Waals surface area contributed by atoms with Gasteiger partial charge in [0.15, 0.2) is 0 Å². The smallest absolute Gasteiger partial charge is 0.263 e. The highest BCUT2D eigenvalue weighted by Gasteiger charge is 2.22. The molecule has 0 fully saturated rings. The summed E-state index contributed by atoms with van der Waals surface area (Å²) >= 11 is 7.42. The first kappa shape index (κ1) is 15.1. The van der Waals surface area contributed by atoms with Crippen LogP contribution < -0.4 is 15.2 Å². The molecule has 1 unspecified atom stereocenters. The highest BCUT2D eigenvalue weighted by atomic mass is 35.5. The second kappa shape index (κ2) is 6.56. The monoisotopic (exact) mass is 335 g/mol. The van der Waals surface area contributed by atoms with E-state index in [0.717, 1.165) is 16.9 Å². The molecule has 1 aromatic heterocycles. The standard InChI is InChI=1S/C15H14ClN3O2S/c16-12-7-11-13(17)3-6-21-14(11)8-10(12)15(20)19-22-9-1-4-18-5-2-9/h1-2,4-5,7-8,13H,3,6,17H2,(H,19,20). The summed E-state index contributed by atoms with van der Waals surface area (Å²) in [5.74, 6) is 0.347. The molecule has 1 aromatic carbocycles. The average molecular weight is 336 g/mol. The number of benzene rings is 1. The van der Waals surface area contributed by atoms with Gasteiger partial charge in [0.2, 0.25) is 0 Å². The Morgan fingerprint density at radius 2 is 2.18 bits per heavy atom. The maximum absolute atomic E-state index is 12.3. The molecule has 114 valence electrons. The Morgan fingerprint density at radius 1 is 1.41 bits per heavy atom. The van der Waals surface area contributed by atoms with Crippen molar-refractivity contribution in [2.75, 3.05) is 6.61 Å². The first-order valence-electron chi connectivity index (χ1n) is 6.74. The third-order valence-corrected chi connectivity index (χ3v) is 4.45.